The number of piperidine rings is 1. The summed E-state index contributed by atoms with van der Waals surface area (Å²) in [6, 6.07) is 17.0. The van der Waals surface area contributed by atoms with E-state index in [1.807, 2.05) is 6.20 Å². The van der Waals surface area contributed by atoms with Gasteiger partial charge >= 0.3 is 0 Å². The van der Waals surface area contributed by atoms with Gasteiger partial charge in [-0.1, -0.05) is 31.2 Å². The maximum absolute atomic E-state index is 6.22. The van der Waals surface area contributed by atoms with Gasteiger partial charge in [0.2, 0.25) is 0 Å². The molecule has 1 aliphatic rings. The maximum Gasteiger partial charge on any atom is 0.119 e. The minimum absolute atomic E-state index is 0.342. The number of benzene rings is 2. The lowest BCUT2D eigenvalue weighted by Gasteiger charge is -2.31. The van der Waals surface area contributed by atoms with Gasteiger partial charge in [0.15, 0.2) is 0 Å². The van der Waals surface area contributed by atoms with Crippen LogP contribution in [-0.4, -0.2) is 35.6 Å². The molecule has 4 rings (SSSR count). The molecule has 27 heavy (non-hydrogen) atoms. The number of ether oxygens (including phenoxy) is 1. The van der Waals surface area contributed by atoms with Gasteiger partial charge in [-0.25, -0.2) is 0 Å². The van der Waals surface area contributed by atoms with E-state index in [-0.39, 0.29) is 0 Å². The van der Waals surface area contributed by atoms with Crippen LogP contribution >= 0.6 is 0 Å². The molecule has 1 aliphatic heterocycles. The van der Waals surface area contributed by atoms with Crippen LogP contribution in [0, 0.1) is 6.92 Å². The van der Waals surface area contributed by atoms with E-state index in [9.17, 15) is 0 Å². The van der Waals surface area contributed by atoms with Crippen molar-refractivity contribution in [2.24, 2.45) is 0 Å². The van der Waals surface area contributed by atoms with Gasteiger partial charge in [0, 0.05) is 30.2 Å². The number of hydrogen-bond donors (Lipinski definition) is 0. The van der Waals surface area contributed by atoms with Crippen LogP contribution in [0.3, 0.4) is 0 Å². The second-order valence-corrected chi connectivity index (χ2v) is 7.55. The van der Waals surface area contributed by atoms with Crippen molar-refractivity contribution in [2.75, 3.05) is 19.6 Å². The lowest BCUT2D eigenvalue weighted by molar-refractivity contribution is 0.101. The van der Waals surface area contributed by atoms with Crippen LogP contribution in [-0.2, 0) is 0 Å². The number of rotatable bonds is 5. The van der Waals surface area contributed by atoms with Gasteiger partial charge < -0.3 is 9.64 Å². The van der Waals surface area contributed by atoms with E-state index in [4.69, 9.17) is 4.74 Å². The van der Waals surface area contributed by atoms with E-state index in [0.717, 1.165) is 42.8 Å². The van der Waals surface area contributed by atoms with Gasteiger partial charge in [-0.2, -0.15) is 0 Å². The number of nitrogens with zero attached hydrogens (tertiary/aromatic N) is 2. The molecule has 2 aromatic carbocycles. The summed E-state index contributed by atoms with van der Waals surface area (Å²) in [5.41, 5.74) is 4.64. The van der Waals surface area contributed by atoms with Crippen molar-refractivity contribution < 1.29 is 4.74 Å². The predicted octanol–water partition coefficient (Wildman–Crippen LogP) is 5.46. The van der Waals surface area contributed by atoms with Crippen molar-refractivity contribution in [1.82, 2.24) is 9.88 Å². The van der Waals surface area contributed by atoms with Crippen LogP contribution < -0.4 is 4.74 Å². The first-order valence-corrected chi connectivity index (χ1v) is 10.1. The summed E-state index contributed by atoms with van der Waals surface area (Å²) >= 11 is 0. The fourth-order valence-corrected chi connectivity index (χ4v) is 3.94. The average molecular weight is 361 g/mol. The van der Waals surface area contributed by atoms with E-state index < -0.39 is 0 Å². The Morgan fingerprint density at radius 1 is 1.04 bits per heavy atom. The van der Waals surface area contributed by atoms with Crippen molar-refractivity contribution >= 4 is 10.9 Å². The molecule has 0 N–H and O–H groups in total. The number of aromatic nitrogens is 1. The fraction of sp³-hybridized carbons (Fsp3) is 0.375. The molecule has 0 radical (unpaired) electrons. The first kappa shape index (κ1) is 18.0. The minimum atomic E-state index is 0.342. The van der Waals surface area contributed by atoms with Crippen molar-refractivity contribution in [1.29, 1.82) is 0 Å². The standard InChI is InChI=1S/C24H28N2O/c1-3-13-26-14-11-22(12-15-26)27-21-9-7-19(8-10-21)20-16-23-18(2)5-4-6-24(23)25-17-20/h4-10,16-17,22H,3,11-15H2,1-2H3. The Hall–Kier alpha value is -2.39. The quantitative estimate of drug-likeness (QED) is 0.604. The van der Waals surface area contributed by atoms with Crippen LogP contribution in [0.2, 0.25) is 0 Å². The van der Waals surface area contributed by atoms with Gasteiger partial charge in [-0.3, -0.25) is 4.98 Å². The highest BCUT2D eigenvalue weighted by Crippen LogP contribution is 2.27. The highest BCUT2D eigenvalue weighted by atomic mass is 16.5. The third kappa shape index (κ3) is 4.14. The molecule has 0 spiro atoms. The Morgan fingerprint density at radius 2 is 1.81 bits per heavy atom. The predicted molar refractivity (Wildman–Crippen MR) is 112 cm³/mol. The number of hydrogen-bond acceptors (Lipinski definition) is 3. The Labute approximate surface area is 162 Å². The molecule has 0 aliphatic carbocycles. The monoisotopic (exact) mass is 360 g/mol. The molecule has 1 fully saturated rings. The molecule has 1 saturated heterocycles. The highest BCUT2D eigenvalue weighted by Gasteiger charge is 2.19. The zero-order valence-electron chi connectivity index (χ0n) is 16.3. The Morgan fingerprint density at radius 3 is 2.56 bits per heavy atom. The zero-order valence-corrected chi connectivity index (χ0v) is 16.3. The summed E-state index contributed by atoms with van der Waals surface area (Å²) in [5, 5.41) is 1.22. The molecule has 3 heteroatoms. The highest BCUT2D eigenvalue weighted by molar-refractivity contribution is 5.86. The second kappa shape index (κ2) is 8.10. The maximum atomic E-state index is 6.22. The lowest BCUT2D eigenvalue weighted by atomic mass is 10.0. The summed E-state index contributed by atoms with van der Waals surface area (Å²) in [6.45, 7) is 7.89. The number of likely N-dealkylation sites (tertiary alicyclic amines) is 1. The molecule has 0 bridgehead atoms. The molecule has 1 aromatic heterocycles. The molecule has 0 unspecified atom stereocenters. The average Bonchev–Trinajstić information content (AvgIpc) is 2.70. The largest absolute Gasteiger partial charge is 0.490 e. The van der Waals surface area contributed by atoms with Crippen molar-refractivity contribution in [3.05, 3.63) is 60.3 Å². The molecular formula is C24H28N2O. The first-order chi connectivity index (χ1) is 13.2. The Balaban J connectivity index is 1.44. The van der Waals surface area contributed by atoms with Gasteiger partial charge in [0.25, 0.3) is 0 Å². The first-order valence-electron chi connectivity index (χ1n) is 10.1. The van der Waals surface area contributed by atoms with Crippen LogP contribution in [0.1, 0.15) is 31.7 Å². The smallest absolute Gasteiger partial charge is 0.119 e. The summed E-state index contributed by atoms with van der Waals surface area (Å²) < 4.78 is 6.22. The lowest BCUT2D eigenvalue weighted by Crippen LogP contribution is -2.38. The van der Waals surface area contributed by atoms with Gasteiger partial charge in [0.1, 0.15) is 11.9 Å². The third-order valence-electron chi connectivity index (χ3n) is 5.51. The van der Waals surface area contributed by atoms with E-state index >= 15 is 0 Å². The van der Waals surface area contributed by atoms with Gasteiger partial charge in [-0.15, -0.1) is 0 Å². The van der Waals surface area contributed by atoms with Crippen LogP contribution in [0.5, 0.6) is 5.75 Å². The van der Waals surface area contributed by atoms with Crippen molar-refractivity contribution in [3.8, 4) is 16.9 Å². The summed E-state index contributed by atoms with van der Waals surface area (Å²) in [4.78, 5) is 7.16. The Kier molecular flexibility index (Phi) is 5.40. The summed E-state index contributed by atoms with van der Waals surface area (Å²) in [5.74, 6) is 0.970. The zero-order chi connectivity index (χ0) is 18.6. The van der Waals surface area contributed by atoms with Gasteiger partial charge in [-0.05, 0) is 68.1 Å². The van der Waals surface area contributed by atoms with Crippen molar-refractivity contribution in [3.63, 3.8) is 0 Å². The van der Waals surface area contributed by atoms with E-state index in [0.29, 0.717) is 6.10 Å². The topological polar surface area (TPSA) is 25.4 Å². The molecule has 3 aromatic rings. The van der Waals surface area contributed by atoms with Crippen LogP contribution in [0.4, 0.5) is 0 Å². The number of fused-ring (bicyclic) bond motifs is 1. The van der Waals surface area contributed by atoms with Crippen molar-refractivity contribution in [2.45, 2.75) is 39.2 Å². The molecular weight excluding hydrogens is 332 g/mol. The Bertz CT molecular complexity index is 896. The summed E-state index contributed by atoms with van der Waals surface area (Å²) in [7, 11) is 0. The normalized spacial score (nSPS) is 15.9. The van der Waals surface area contributed by atoms with Crippen LogP contribution in [0.25, 0.3) is 22.0 Å². The van der Waals surface area contributed by atoms with Crippen LogP contribution in [0.15, 0.2) is 54.7 Å². The molecule has 0 saturated carbocycles. The number of aryl methyl sites for hydroxylation is 1. The SMILES string of the molecule is CCCN1CCC(Oc2ccc(-c3cnc4cccc(C)c4c3)cc2)CC1. The molecule has 0 atom stereocenters. The fourth-order valence-electron chi connectivity index (χ4n) is 3.94. The van der Waals surface area contributed by atoms with Gasteiger partial charge in [0.05, 0.1) is 5.52 Å². The molecule has 140 valence electrons. The molecule has 2 heterocycles. The third-order valence-corrected chi connectivity index (χ3v) is 5.51. The number of pyridine rings is 1. The molecule has 3 nitrogen and oxygen atoms in total. The van der Waals surface area contributed by atoms with E-state index in [2.05, 4.69) is 72.3 Å². The van der Waals surface area contributed by atoms with E-state index in [1.165, 1.54) is 29.5 Å². The second-order valence-electron chi connectivity index (χ2n) is 7.55. The molecule has 0 amide bonds. The van der Waals surface area contributed by atoms with E-state index in [1.54, 1.807) is 0 Å². The summed E-state index contributed by atoms with van der Waals surface area (Å²) in [6.07, 6.45) is 5.77. The minimum Gasteiger partial charge on any atom is -0.490 e.